The summed E-state index contributed by atoms with van der Waals surface area (Å²) in [5, 5.41) is 18.5. The first-order valence-corrected chi connectivity index (χ1v) is 14.2. The molecule has 0 spiro atoms. The van der Waals surface area contributed by atoms with Crippen LogP contribution in [0.25, 0.3) is 10.9 Å². The van der Waals surface area contributed by atoms with Crippen molar-refractivity contribution in [2.24, 2.45) is 22.2 Å². The Morgan fingerprint density at radius 3 is 2.27 bits per heavy atom. The fourth-order valence-corrected chi connectivity index (χ4v) is 4.70. The predicted molar refractivity (Wildman–Crippen MR) is 167 cm³/mol. The molecule has 4 amide bonds. The zero-order valence-corrected chi connectivity index (χ0v) is 24.3. The predicted octanol–water partition coefficient (Wildman–Crippen LogP) is -0.311. The number of nitrogens with two attached hydrogens (primary N) is 3. The molecule has 0 bridgehead atoms. The van der Waals surface area contributed by atoms with E-state index in [0.717, 1.165) is 5.56 Å². The van der Waals surface area contributed by atoms with Crippen LogP contribution in [0.3, 0.4) is 0 Å². The highest BCUT2D eigenvalue weighted by atomic mass is 16.3. The van der Waals surface area contributed by atoms with Crippen LogP contribution in [0.5, 0.6) is 5.75 Å². The molecule has 236 valence electrons. The number of hydrogen-bond acceptors (Lipinski definition) is 7. The standard InChI is InChI=1S/C30H36N10O5/c31-26(42)22(7-4-10-35-30(32)33)38-27(43)23(11-17-5-2-1-3-6-17)39-29(45)25(14-19-15-34-16-36-19)40-28(44)24-13-18-12-20(41)8-9-21(18)37-24/h1-3,5-6,8-9,12-13,15-16,22-23,25,37,41H,4,7,10-11,14H2,(H2,31,42)(H,34,36)(H,38,43)(H,39,45)(H,40,44)(H4,32,33,35)/t22-,23-,25+/m1/s1. The number of nitrogens with zero attached hydrogens (tertiary/aromatic N) is 2. The number of phenols is 1. The van der Waals surface area contributed by atoms with E-state index in [1.807, 2.05) is 6.07 Å². The van der Waals surface area contributed by atoms with Gasteiger partial charge in [-0.2, -0.15) is 0 Å². The van der Waals surface area contributed by atoms with Gasteiger partial charge in [-0.25, -0.2) is 4.98 Å². The molecule has 0 radical (unpaired) electrons. The third-order valence-corrected chi connectivity index (χ3v) is 6.97. The molecule has 0 fully saturated rings. The van der Waals surface area contributed by atoms with Crippen molar-refractivity contribution in [3.63, 3.8) is 0 Å². The van der Waals surface area contributed by atoms with E-state index in [2.05, 4.69) is 35.9 Å². The summed E-state index contributed by atoms with van der Waals surface area (Å²) in [5.41, 5.74) is 18.3. The molecular formula is C30H36N10O5. The number of nitrogens with one attached hydrogen (secondary N) is 5. The normalized spacial score (nSPS) is 12.9. The number of aromatic nitrogens is 3. The van der Waals surface area contributed by atoms with Gasteiger partial charge in [-0.05, 0) is 42.7 Å². The molecule has 3 atom stereocenters. The number of primary amides is 1. The Balaban J connectivity index is 1.53. The van der Waals surface area contributed by atoms with Gasteiger partial charge in [0.15, 0.2) is 5.96 Å². The van der Waals surface area contributed by atoms with Gasteiger partial charge in [0.25, 0.3) is 5.91 Å². The van der Waals surface area contributed by atoms with Crippen molar-refractivity contribution in [1.82, 2.24) is 30.9 Å². The zero-order chi connectivity index (χ0) is 32.3. The number of aromatic amines is 2. The molecule has 15 nitrogen and oxygen atoms in total. The number of rotatable bonds is 15. The first kappa shape index (κ1) is 32.1. The lowest BCUT2D eigenvalue weighted by Crippen LogP contribution is -2.57. The molecule has 2 aromatic carbocycles. The molecule has 2 heterocycles. The molecule has 12 N–H and O–H groups in total. The molecule has 0 unspecified atom stereocenters. The fraction of sp³-hybridized carbons (Fsp3) is 0.267. The molecule has 45 heavy (non-hydrogen) atoms. The molecular weight excluding hydrogens is 580 g/mol. The second kappa shape index (κ2) is 15.0. The summed E-state index contributed by atoms with van der Waals surface area (Å²) in [4.78, 5) is 66.4. The van der Waals surface area contributed by atoms with E-state index >= 15 is 0 Å². The minimum atomic E-state index is -1.13. The molecule has 0 saturated heterocycles. The second-order valence-corrected chi connectivity index (χ2v) is 10.4. The molecule has 4 aromatic rings. The van der Waals surface area contributed by atoms with E-state index in [1.54, 1.807) is 36.4 Å². The van der Waals surface area contributed by atoms with Crippen molar-refractivity contribution in [1.29, 1.82) is 0 Å². The third-order valence-electron chi connectivity index (χ3n) is 6.97. The molecule has 0 saturated carbocycles. The van der Waals surface area contributed by atoms with Crippen LogP contribution in [0.2, 0.25) is 0 Å². The Bertz CT molecular complexity index is 1650. The largest absolute Gasteiger partial charge is 0.508 e. The van der Waals surface area contributed by atoms with E-state index in [1.165, 1.54) is 24.7 Å². The van der Waals surface area contributed by atoms with Crippen molar-refractivity contribution >= 4 is 40.5 Å². The number of fused-ring (bicyclic) bond motifs is 1. The van der Waals surface area contributed by atoms with Gasteiger partial charge in [0, 0.05) is 42.2 Å². The monoisotopic (exact) mass is 616 g/mol. The van der Waals surface area contributed by atoms with Crippen molar-refractivity contribution in [3.05, 3.63) is 84.1 Å². The van der Waals surface area contributed by atoms with Crippen LogP contribution in [0.1, 0.15) is 34.6 Å². The Labute approximate surface area is 258 Å². The number of imidazole rings is 1. The van der Waals surface area contributed by atoms with E-state index in [-0.39, 0.29) is 43.2 Å². The second-order valence-electron chi connectivity index (χ2n) is 10.4. The summed E-state index contributed by atoms with van der Waals surface area (Å²) >= 11 is 0. The molecule has 0 aliphatic carbocycles. The molecule has 0 aliphatic rings. The molecule has 0 aliphatic heterocycles. The van der Waals surface area contributed by atoms with Crippen LogP contribution < -0.4 is 33.2 Å². The average molecular weight is 617 g/mol. The van der Waals surface area contributed by atoms with E-state index in [9.17, 15) is 24.3 Å². The number of benzene rings is 2. The van der Waals surface area contributed by atoms with Gasteiger partial charge in [-0.15, -0.1) is 0 Å². The lowest BCUT2D eigenvalue weighted by Gasteiger charge is -2.25. The number of phenolic OH excluding ortho intramolecular Hbond substituents is 1. The van der Waals surface area contributed by atoms with Crippen molar-refractivity contribution in [3.8, 4) is 5.75 Å². The first-order valence-electron chi connectivity index (χ1n) is 14.2. The summed E-state index contributed by atoms with van der Waals surface area (Å²) in [7, 11) is 0. The van der Waals surface area contributed by atoms with Crippen molar-refractivity contribution in [2.75, 3.05) is 6.54 Å². The van der Waals surface area contributed by atoms with E-state index in [4.69, 9.17) is 17.2 Å². The number of guanidine groups is 1. The van der Waals surface area contributed by atoms with Crippen LogP contribution in [-0.2, 0) is 27.2 Å². The molecule has 2 aromatic heterocycles. The number of carbonyl (C=O) groups is 4. The van der Waals surface area contributed by atoms with Crippen LogP contribution >= 0.6 is 0 Å². The van der Waals surface area contributed by atoms with Crippen LogP contribution in [-0.4, -0.2) is 74.3 Å². The maximum atomic E-state index is 13.7. The van der Waals surface area contributed by atoms with Gasteiger partial charge in [0.1, 0.15) is 29.6 Å². The van der Waals surface area contributed by atoms with E-state index < -0.39 is 41.8 Å². The Morgan fingerprint density at radius 1 is 0.889 bits per heavy atom. The number of amides is 4. The van der Waals surface area contributed by atoms with Crippen LogP contribution in [0, 0.1) is 0 Å². The summed E-state index contributed by atoms with van der Waals surface area (Å²) < 4.78 is 0. The highest BCUT2D eigenvalue weighted by Gasteiger charge is 2.30. The van der Waals surface area contributed by atoms with Crippen molar-refractivity contribution in [2.45, 2.75) is 43.8 Å². The van der Waals surface area contributed by atoms with Gasteiger partial charge < -0.3 is 48.2 Å². The van der Waals surface area contributed by atoms with Gasteiger partial charge in [0.05, 0.1) is 6.33 Å². The third kappa shape index (κ3) is 9.31. The topological polar surface area (TPSA) is 259 Å². The van der Waals surface area contributed by atoms with Crippen LogP contribution in [0.15, 0.2) is 72.1 Å². The van der Waals surface area contributed by atoms with Gasteiger partial charge in [-0.3, -0.25) is 24.2 Å². The summed E-state index contributed by atoms with van der Waals surface area (Å²) in [6.45, 7) is 0.235. The quantitative estimate of drug-likeness (QED) is 0.0485. The SMILES string of the molecule is NC(=O)[C@@H](CCCN=C(N)N)NC(=O)[C@@H](Cc1ccccc1)NC(=O)[C@H](Cc1cnc[nH]1)NC(=O)c1cc2cc(O)ccc2[nH]1. The highest BCUT2D eigenvalue weighted by molar-refractivity contribution is 6.01. The average Bonchev–Trinajstić information content (AvgIpc) is 3.68. The van der Waals surface area contributed by atoms with Crippen LogP contribution in [0.4, 0.5) is 0 Å². The summed E-state index contributed by atoms with van der Waals surface area (Å²) in [6.07, 6.45) is 3.63. The Morgan fingerprint density at radius 2 is 1.60 bits per heavy atom. The number of hydrogen-bond donors (Lipinski definition) is 9. The first-order chi connectivity index (χ1) is 21.6. The van der Waals surface area contributed by atoms with Gasteiger partial charge in [0.2, 0.25) is 17.7 Å². The Hall–Kier alpha value is -5.86. The fourth-order valence-electron chi connectivity index (χ4n) is 4.70. The maximum absolute atomic E-state index is 13.7. The number of H-pyrrole nitrogens is 2. The smallest absolute Gasteiger partial charge is 0.268 e. The number of aliphatic imine (C=N–C) groups is 1. The number of carbonyl (C=O) groups excluding carboxylic acids is 4. The summed E-state index contributed by atoms with van der Waals surface area (Å²) in [5.74, 6) is -2.68. The minimum absolute atomic E-state index is 0.0347. The number of aromatic hydroxyl groups is 1. The Kier molecular flexibility index (Phi) is 10.7. The molecule has 4 rings (SSSR count). The van der Waals surface area contributed by atoms with E-state index in [0.29, 0.717) is 23.0 Å². The van der Waals surface area contributed by atoms with Crippen molar-refractivity contribution < 1.29 is 24.3 Å². The van der Waals surface area contributed by atoms with Gasteiger partial charge >= 0.3 is 0 Å². The maximum Gasteiger partial charge on any atom is 0.268 e. The van der Waals surface area contributed by atoms with Gasteiger partial charge in [-0.1, -0.05) is 30.3 Å². The molecule has 15 heteroatoms. The lowest BCUT2D eigenvalue weighted by atomic mass is 10.0. The highest BCUT2D eigenvalue weighted by Crippen LogP contribution is 2.20. The lowest BCUT2D eigenvalue weighted by molar-refractivity contribution is -0.132. The minimum Gasteiger partial charge on any atom is -0.508 e. The zero-order valence-electron chi connectivity index (χ0n) is 24.3. The summed E-state index contributed by atoms with van der Waals surface area (Å²) in [6, 6.07) is 11.9.